The molecular weight excluding hydrogens is 276 g/mol. The molecule has 1 N–H and O–H groups in total. The van der Waals surface area contributed by atoms with Crippen molar-refractivity contribution in [2.75, 3.05) is 0 Å². The van der Waals surface area contributed by atoms with Gasteiger partial charge in [-0.2, -0.15) is 5.26 Å². The molecule has 1 saturated heterocycles. The summed E-state index contributed by atoms with van der Waals surface area (Å²) in [5.74, 6) is -1.32. The first-order valence-electron chi connectivity index (χ1n) is 6.77. The Morgan fingerprint density at radius 3 is 2.23 bits per heavy atom. The molecule has 0 aromatic heterocycles. The van der Waals surface area contributed by atoms with Crippen molar-refractivity contribution in [1.29, 1.82) is 10.7 Å². The van der Waals surface area contributed by atoms with E-state index in [1.807, 2.05) is 18.2 Å². The Kier molecular flexibility index (Phi) is 3.55. The molecule has 0 aliphatic carbocycles. The molecule has 2 aromatic rings. The van der Waals surface area contributed by atoms with Gasteiger partial charge in [0.15, 0.2) is 5.76 Å². The molecule has 1 aliphatic heterocycles. The summed E-state index contributed by atoms with van der Waals surface area (Å²) in [5.41, 5.74) is 1.46. The van der Waals surface area contributed by atoms with Gasteiger partial charge in [-0.3, -0.25) is 10.2 Å². The van der Waals surface area contributed by atoms with E-state index in [4.69, 9.17) is 10.1 Å². The van der Waals surface area contributed by atoms with Crippen LogP contribution in [0.1, 0.15) is 17.0 Å². The van der Waals surface area contributed by atoms with Gasteiger partial charge in [0.2, 0.25) is 11.7 Å². The molecular formula is C18H12N2O2. The predicted octanol–water partition coefficient (Wildman–Crippen LogP) is 3.28. The number of rotatable bonds is 2. The Morgan fingerprint density at radius 1 is 1.05 bits per heavy atom. The number of Topliss-reactive ketones (excluding diaryl/α,β-unsaturated/α-hetero) is 1. The minimum Gasteiger partial charge on any atom is -0.437 e. The van der Waals surface area contributed by atoms with Crippen LogP contribution in [-0.4, -0.2) is 11.7 Å². The minimum absolute atomic E-state index is 0.0486. The number of nitrogens with zero attached hydrogens (tertiary/aromatic N) is 1. The van der Waals surface area contributed by atoms with Crippen molar-refractivity contribution in [3.05, 3.63) is 77.5 Å². The summed E-state index contributed by atoms with van der Waals surface area (Å²) in [7, 11) is 0. The zero-order valence-corrected chi connectivity index (χ0v) is 11.6. The van der Waals surface area contributed by atoms with Crippen molar-refractivity contribution in [1.82, 2.24) is 0 Å². The molecule has 4 heteroatoms. The molecule has 1 aliphatic rings. The third kappa shape index (κ3) is 2.29. The van der Waals surface area contributed by atoms with Crippen LogP contribution in [0.15, 0.2) is 66.4 Å². The van der Waals surface area contributed by atoms with Gasteiger partial charge < -0.3 is 4.74 Å². The number of ketones is 1. The molecule has 1 fully saturated rings. The smallest absolute Gasteiger partial charge is 0.216 e. The molecule has 22 heavy (non-hydrogen) atoms. The Labute approximate surface area is 127 Å². The van der Waals surface area contributed by atoms with Gasteiger partial charge in [0.1, 0.15) is 17.6 Å². The van der Waals surface area contributed by atoms with Crippen LogP contribution in [-0.2, 0) is 9.53 Å². The van der Waals surface area contributed by atoms with Crippen LogP contribution in [0, 0.1) is 16.7 Å². The molecule has 0 saturated carbocycles. The van der Waals surface area contributed by atoms with Crippen LogP contribution in [0.4, 0.5) is 0 Å². The van der Waals surface area contributed by atoms with Crippen LogP contribution >= 0.6 is 0 Å². The van der Waals surface area contributed by atoms with Gasteiger partial charge in [-0.25, -0.2) is 0 Å². The van der Waals surface area contributed by atoms with Gasteiger partial charge in [0.05, 0.1) is 0 Å². The molecule has 1 heterocycles. The van der Waals surface area contributed by atoms with Crippen LogP contribution in [0.25, 0.3) is 5.57 Å². The van der Waals surface area contributed by atoms with E-state index >= 15 is 0 Å². The second-order valence-corrected chi connectivity index (χ2v) is 4.86. The summed E-state index contributed by atoms with van der Waals surface area (Å²) in [5, 5.41) is 17.3. The van der Waals surface area contributed by atoms with Gasteiger partial charge in [-0.15, -0.1) is 0 Å². The van der Waals surface area contributed by atoms with Crippen LogP contribution < -0.4 is 0 Å². The number of carbonyl (C=O) groups excluding carboxylic acids is 1. The van der Waals surface area contributed by atoms with Gasteiger partial charge in [0, 0.05) is 0 Å². The molecule has 0 radical (unpaired) electrons. The Balaban J connectivity index is 2.07. The Morgan fingerprint density at radius 2 is 1.64 bits per heavy atom. The lowest BCUT2D eigenvalue weighted by molar-refractivity contribution is -0.115. The normalized spacial score (nSPS) is 19.5. The van der Waals surface area contributed by atoms with E-state index in [2.05, 4.69) is 0 Å². The summed E-state index contributed by atoms with van der Waals surface area (Å²) < 4.78 is 5.34. The number of hydrogen-bond acceptors (Lipinski definition) is 4. The molecule has 0 amide bonds. The zero-order chi connectivity index (χ0) is 15.5. The zero-order valence-electron chi connectivity index (χ0n) is 11.6. The fourth-order valence-electron chi connectivity index (χ4n) is 2.44. The maximum absolute atomic E-state index is 12.6. The lowest BCUT2D eigenvalue weighted by Gasteiger charge is -2.04. The quantitative estimate of drug-likeness (QED) is 0.680. The van der Waals surface area contributed by atoms with E-state index in [1.54, 1.807) is 48.5 Å². The Bertz CT molecular complexity index is 802. The highest BCUT2D eigenvalue weighted by molar-refractivity contribution is 6.21. The third-order valence-corrected chi connectivity index (χ3v) is 3.49. The topological polar surface area (TPSA) is 73.9 Å². The number of nitrogens with one attached hydrogen (secondary N) is 1. The molecule has 0 spiro atoms. The summed E-state index contributed by atoms with van der Waals surface area (Å²) >= 11 is 0. The number of nitriles is 1. The highest BCUT2D eigenvalue weighted by Gasteiger charge is 2.40. The SMILES string of the molecule is N#C/C(=C1\OC(=N)[C@H](c2ccccc2)C1=O)c1ccccc1. The van der Waals surface area contributed by atoms with E-state index in [1.165, 1.54) is 0 Å². The van der Waals surface area contributed by atoms with Crippen molar-refractivity contribution in [2.45, 2.75) is 5.92 Å². The maximum Gasteiger partial charge on any atom is 0.216 e. The number of ether oxygens (including phenoxy) is 1. The van der Waals surface area contributed by atoms with Crippen molar-refractivity contribution in [3.63, 3.8) is 0 Å². The monoisotopic (exact) mass is 288 g/mol. The molecule has 0 unspecified atom stereocenters. The van der Waals surface area contributed by atoms with Crippen molar-refractivity contribution in [2.24, 2.45) is 0 Å². The first-order chi connectivity index (χ1) is 10.7. The third-order valence-electron chi connectivity index (χ3n) is 3.49. The van der Waals surface area contributed by atoms with E-state index in [0.717, 1.165) is 0 Å². The standard InChI is InChI=1S/C18H12N2O2/c19-11-14(12-7-3-1-4-8-12)17-16(21)15(18(20)22-17)13-9-5-2-6-10-13/h1-10,15,20H/b17-14+,20-18?/t15-/m1/s1. The second kappa shape index (κ2) is 5.66. The van der Waals surface area contributed by atoms with Crippen LogP contribution in [0.3, 0.4) is 0 Å². The van der Waals surface area contributed by atoms with E-state index < -0.39 is 5.92 Å². The van der Waals surface area contributed by atoms with Crippen LogP contribution in [0.2, 0.25) is 0 Å². The summed E-state index contributed by atoms with van der Waals surface area (Å²) in [6.45, 7) is 0. The van der Waals surface area contributed by atoms with Gasteiger partial charge >= 0.3 is 0 Å². The molecule has 2 aromatic carbocycles. The van der Waals surface area contributed by atoms with E-state index in [0.29, 0.717) is 11.1 Å². The number of allylic oxidation sites excluding steroid dienone is 2. The molecule has 0 bridgehead atoms. The van der Waals surface area contributed by atoms with Crippen molar-refractivity contribution >= 4 is 17.3 Å². The highest BCUT2D eigenvalue weighted by Crippen LogP contribution is 2.34. The molecule has 1 atom stereocenters. The number of carbonyl (C=O) groups is 1. The van der Waals surface area contributed by atoms with Gasteiger partial charge in [-0.05, 0) is 11.1 Å². The lowest BCUT2D eigenvalue weighted by atomic mass is 9.93. The fourth-order valence-corrected chi connectivity index (χ4v) is 2.44. The predicted molar refractivity (Wildman–Crippen MR) is 82.0 cm³/mol. The van der Waals surface area contributed by atoms with Crippen LogP contribution in [0.5, 0.6) is 0 Å². The molecule has 4 nitrogen and oxygen atoms in total. The van der Waals surface area contributed by atoms with Crippen molar-refractivity contribution in [3.8, 4) is 6.07 Å². The maximum atomic E-state index is 12.6. The summed E-state index contributed by atoms with van der Waals surface area (Å²) in [4.78, 5) is 12.6. The number of benzene rings is 2. The lowest BCUT2D eigenvalue weighted by Crippen LogP contribution is -2.12. The molecule has 3 rings (SSSR count). The minimum atomic E-state index is -0.775. The van der Waals surface area contributed by atoms with Crippen molar-refractivity contribution < 1.29 is 9.53 Å². The average molecular weight is 288 g/mol. The number of hydrogen-bond donors (Lipinski definition) is 1. The van der Waals surface area contributed by atoms with E-state index in [9.17, 15) is 10.1 Å². The fraction of sp³-hybridized carbons (Fsp3) is 0.0556. The summed E-state index contributed by atoms with van der Waals surface area (Å²) in [6.07, 6.45) is 0. The first kappa shape index (κ1) is 13.8. The first-order valence-corrected chi connectivity index (χ1v) is 6.77. The Hall–Kier alpha value is -3.19. The second-order valence-electron chi connectivity index (χ2n) is 4.86. The average Bonchev–Trinajstić information content (AvgIpc) is 2.85. The summed E-state index contributed by atoms with van der Waals surface area (Å²) in [6, 6.07) is 19.9. The van der Waals surface area contributed by atoms with Gasteiger partial charge in [-0.1, -0.05) is 60.7 Å². The van der Waals surface area contributed by atoms with Gasteiger partial charge in [0.25, 0.3) is 0 Å². The largest absolute Gasteiger partial charge is 0.437 e. The molecule has 106 valence electrons. The highest BCUT2D eigenvalue weighted by atomic mass is 16.5. The van der Waals surface area contributed by atoms with E-state index in [-0.39, 0.29) is 23.0 Å².